The minimum absolute atomic E-state index is 0.00442. The van der Waals surface area contributed by atoms with E-state index in [9.17, 15) is 9.59 Å². The van der Waals surface area contributed by atoms with Crippen molar-refractivity contribution in [2.45, 2.75) is 32.2 Å². The number of hydrogen-bond acceptors (Lipinski definition) is 6. The average molecular weight is 548 g/mol. The number of halogens is 1. The van der Waals surface area contributed by atoms with E-state index in [1.807, 2.05) is 23.1 Å². The zero-order valence-electron chi connectivity index (χ0n) is 22.2. The quantitative estimate of drug-likeness (QED) is 0.309. The van der Waals surface area contributed by atoms with E-state index in [2.05, 4.69) is 39.4 Å². The van der Waals surface area contributed by atoms with E-state index in [0.29, 0.717) is 48.3 Å². The number of nitrogens with zero attached hydrogens (tertiary/aromatic N) is 2. The number of hydrogen-bond donors (Lipinski definition) is 3. The van der Waals surface area contributed by atoms with E-state index in [-0.39, 0.29) is 11.8 Å². The maximum atomic E-state index is 12.7. The largest absolute Gasteiger partial charge is 0.493 e. The number of anilines is 1. The molecule has 1 saturated heterocycles. The van der Waals surface area contributed by atoms with Crippen LogP contribution in [0.3, 0.4) is 0 Å². The molecule has 1 fully saturated rings. The molecule has 0 saturated carbocycles. The Labute approximate surface area is 234 Å². The third-order valence-corrected chi connectivity index (χ3v) is 7.30. The van der Waals surface area contributed by atoms with Gasteiger partial charge in [0.05, 0.1) is 23.4 Å². The van der Waals surface area contributed by atoms with E-state index >= 15 is 0 Å². The first-order valence-corrected chi connectivity index (χ1v) is 13.5. The van der Waals surface area contributed by atoms with Crippen LogP contribution in [0.2, 0.25) is 5.02 Å². The maximum Gasteiger partial charge on any atom is 0.250 e. The van der Waals surface area contributed by atoms with Crippen LogP contribution in [-0.2, 0) is 16.1 Å². The highest BCUT2D eigenvalue weighted by molar-refractivity contribution is 6.32. The van der Waals surface area contributed by atoms with Crippen LogP contribution < -0.4 is 20.7 Å². The lowest BCUT2D eigenvalue weighted by Crippen LogP contribution is -2.37. The lowest BCUT2D eigenvalue weighted by molar-refractivity contribution is -0.125. The SMILES string of the molecule is C=CC(=O)N1CCC(CCC#Cc2cnccc2CNC2=C(CNc3cccc(Cl)c3OC)C(=O)NCC2)C1. The summed E-state index contributed by atoms with van der Waals surface area (Å²) in [6.45, 7) is 6.57. The molecule has 1 unspecified atom stereocenters. The van der Waals surface area contributed by atoms with Gasteiger partial charge in [0, 0.05) is 69.2 Å². The summed E-state index contributed by atoms with van der Waals surface area (Å²) in [5.41, 5.74) is 4.14. The van der Waals surface area contributed by atoms with Crippen molar-refractivity contribution < 1.29 is 14.3 Å². The molecule has 0 bridgehead atoms. The Balaban J connectivity index is 1.38. The van der Waals surface area contributed by atoms with Gasteiger partial charge in [-0.2, -0.15) is 0 Å². The molecule has 9 heteroatoms. The minimum atomic E-state index is -0.104. The second-order valence-corrected chi connectivity index (χ2v) is 9.91. The normalized spacial score (nSPS) is 16.7. The zero-order chi connectivity index (χ0) is 27.6. The van der Waals surface area contributed by atoms with Crippen molar-refractivity contribution in [2.24, 2.45) is 5.92 Å². The molecule has 1 aromatic carbocycles. The van der Waals surface area contributed by atoms with Crippen molar-refractivity contribution in [1.82, 2.24) is 20.5 Å². The molecule has 1 aromatic heterocycles. The van der Waals surface area contributed by atoms with Crippen molar-refractivity contribution in [2.75, 3.05) is 38.6 Å². The van der Waals surface area contributed by atoms with E-state index in [0.717, 1.165) is 54.9 Å². The molecule has 2 aromatic rings. The summed E-state index contributed by atoms with van der Waals surface area (Å²) in [5, 5.41) is 10.2. The first kappa shape index (κ1) is 28.1. The predicted octanol–water partition coefficient (Wildman–Crippen LogP) is 3.89. The number of benzene rings is 1. The first-order valence-electron chi connectivity index (χ1n) is 13.1. The third kappa shape index (κ3) is 7.33. The lowest BCUT2D eigenvalue weighted by atomic mass is 10.0. The number of amides is 2. The maximum absolute atomic E-state index is 12.7. The molecule has 204 valence electrons. The number of para-hydroxylation sites is 1. The summed E-state index contributed by atoms with van der Waals surface area (Å²) < 4.78 is 5.41. The van der Waals surface area contributed by atoms with Gasteiger partial charge in [-0.25, -0.2) is 0 Å². The second-order valence-electron chi connectivity index (χ2n) is 9.51. The van der Waals surface area contributed by atoms with Gasteiger partial charge in [-0.05, 0) is 48.6 Å². The Hall–Kier alpha value is -3.96. The molecule has 2 aliphatic heterocycles. The molecule has 1 atom stereocenters. The van der Waals surface area contributed by atoms with Crippen molar-refractivity contribution in [3.8, 4) is 17.6 Å². The number of ether oxygens (including phenoxy) is 1. The Morgan fingerprint density at radius 2 is 2.21 bits per heavy atom. The highest BCUT2D eigenvalue weighted by atomic mass is 35.5. The number of aromatic nitrogens is 1. The number of rotatable bonds is 10. The van der Waals surface area contributed by atoms with Crippen LogP contribution in [0.5, 0.6) is 5.75 Å². The van der Waals surface area contributed by atoms with Crippen molar-refractivity contribution in [3.05, 3.63) is 76.7 Å². The Bertz CT molecular complexity index is 1310. The number of methoxy groups -OCH3 is 1. The van der Waals surface area contributed by atoms with Crippen LogP contribution in [0, 0.1) is 17.8 Å². The number of pyridine rings is 1. The van der Waals surface area contributed by atoms with E-state index in [4.69, 9.17) is 16.3 Å². The zero-order valence-corrected chi connectivity index (χ0v) is 22.9. The average Bonchev–Trinajstić information content (AvgIpc) is 3.43. The van der Waals surface area contributed by atoms with Crippen LogP contribution in [0.1, 0.15) is 36.8 Å². The monoisotopic (exact) mass is 547 g/mol. The standard InChI is InChI=1S/C30H34ClN5O3/c1-3-28(37)36-16-13-21(20-36)7-4-5-8-22-17-32-14-11-23(22)18-34-26-12-15-33-30(38)24(26)19-35-27-10-6-9-25(31)29(27)39-2/h3,6,9-11,14,17,21,34-35H,1,4,7,12-13,15-16,18-20H2,2H3,(H,33,38). The molecule has 3 heterocycles. The molecule has 3 N–H and O–H groups in total. The number of nitrogens with one attached hydrogen (secondary N) is 3. The van der Waals surface area contributed by atoms with Gasteiger partial charge in [-0.15, -0.1) is 0 Å². The first-order chi connectivity index (χ1) is 19.0. The summed E-state index contributed by atoms with van der Waals surface area (Å²) in [6, 6.07) is 7.41. The van der Waals surface area contributed by atoms with Gasteiger partial charge in [-0.3, -0.25) is 14.6 Å². The molecule has 0 radical (unpaired) electrons. The number of carbonyl (C=O) groups excluding carboxylic acids is 2. The summed E-state index contributed by atoms with van der Waals surface area (Å²) in [5.74, 6) is 7.47. The summed E-state index contributed by atoms with van der Waals surface area (Å²) >= 11 is 6.24. The van der Waals surface area contributed by atoms with Crippen LogP contribution in [0.25, 0.3) is 0 Å². The molecule has 39 heavy (non-hydrogen) atoms. The smallest absolute Gasteiger partial charge is 0.250 e. The van der Waals surface area contributed by atoms with Crippen LogP contribution in [0.4, 0.5) is 5.69 Å². The predicted molar refractivity (Wildman–Crippen MR) is 153 cm³/mol. The Morgan fingerprint density at radius 3 is 3.03 bits per heavy atom. The fourth-order valence-corrected chi connectivity index (χ4v) is 5.09. The molecule has 8 nitrogen and oxygen atoms in total. The van der Waals surface area contributed by atoms with Gasteiger partial charge in [0.15, 0.2) is 5.75 Å². The molecular formula is C30H34ClN5O3. The molecule has 4 rings (SSSR count). The van der Waals surface area contributed by atoms with E-state index < -0.39 is 0 Å². The van der Waals surface area contributed by atoms with Crippen molar-refractivity contribution in [3.63, 3.8) is 0 Å². The molecule has 0 spiro atoms. The van der Waals surface area contributed by atoms with Gasteiger partial charge in [-0.1, -0.05) is 36.1 Å². The van der Waals surface area contributed by atoms with Crippen LogP contribution >= 0.6 is 11.6 Å². The van der Waals surface area contributed by atoms with Gasteiger partial charge in [0.1, 0.15) is 0 Å². The number of likely N-dealkylation sites (tertiary alicyclic amines) is 1. The lowest BCUT2D eigenvalue weighted by Gasteiger charge is -2.23. The molecule has 2 aliphatic rings. The van der Waals surface area contributed by atoms with Crippen molar-refractivity contribution in [1.29, 1.82) is 0 Å². The summed E-state index contributed by atoms with van der Waals surface area (Å²) in [4.78, 5) is 30.6. The molecule has 2 amide bonds. The summed E-state index contributed by atoms with van der Waals surface area (Å²) in [6.07, 6.45) is 8.34. The van der Waals surface area contributed by atoms with E-state index in [1.54, 1.807) is 25.6 Å². The minimum Gasteiger partial charge on any atom is -0.493 e. The molecule has 0 aliphatic carbocycles. The fraction of sp³-hybridized carbons (Fsp3) is 0.367. The summed E-state index contributed by atoms with van der Waals surface area (Å²) in [7, 11) is 1.57. The van der Waals surface area contributed by atoms with Gasteiger partial charge < -0.3 is 25.6 Å². The van der Waals surface area contributed by atoms with Crippen molar-refractivity contribution >= 4 is 29.1 Å². The van der Waals surface area contributed by atoms with Gasteiger partial charge in [0.25, 0.3) is 5.91 Å². The Kier molecular flexibility index (Phi) is 9.87. The highest BCUT2D eigenvalue weighted by Crippen LogP contribution is 2.32. The second kappa shape index (κ2) is 13.7. The topological polar surface area (TPSA) is 95.6 Å². The highest BCUT2D eigenvalue weighted by Gasteiger charge is 2.24. The fourth-order valence-electron chi connectivity index (χ4n) is 4.84. The van der Waals surface area contributed by atoms with Gasteiger partial charge in [0.2, 0.25) is 5.91 Å². The van der Waals surface area contributed by atoms with Crippen LogP contribution in [0.15, 0.2) is 60.6 Å². The van der Waals surface area contributed by atoms with Crippen LogP contribution in [-0.4, -0.2) is 55.0 Å². The molecular weight excluding hydrogens is 514 g/mol. The van der Waals surface area contributed by atoms with E-state index in [1.165, 1.54) is 6.08 Å². The third-order valence-electron chi connectivity index (χ3n) is 7.00. The van der Waals surface area contributed by atoms with Gasteiger partial charge >= 0.3 is 0 Å². The number of carbonyl (C=O) groups is 2. The Morgan fingerprint density at radius 1 is 1.33 bits per heavy atom.